The molecule has 0 unspecified atom stereocenters. The summed E-state index contributed by atoms with van der Waals surface area (Å²) in [6, 6.07) is 11.1. The van der Waals surface area contributed by atoms with Crippen molar-refractivity contribution in [2.75, 3.05) is 11.9 Å². The quantitative estimate of drug-likeness (QED) is 0.201. The number of aliphatic hydroxyl groups is 1. The molecule has 0 amide bonds. The lowest BCUT2D eigenvalue weighted by Gasteiger charge is -2.40. The molecule has 0 bridgehead atoms. The van der Waals surface area contributed by atoms with Gasteiger partial charge in [-0.05, 0) is 54.4 Å². The van der Waals surface area contributed by atoms with Crippen molar-refractivity contribution >= 4 is 42.9 Å². The summed E-state index contributed by atoms with van der Waals surface area (Å²) in [6.45, 7) is 10.3. The molecule has 2 N–H and O–H groups in total. The van der Waals surface area contributed by atoms with Crippen LogP contribution in [0.3, 0.4) is 0 Å². The summed E-state index contributed by atoms with van der Waals surface area (Å²) in [4.78, 5) is 23.7. The Balaban J connectivity index is 1.45. The number of hydrogen-bond acceptors (Lipinski definition) is 7. The molecule has 2 heterocycles. The minimum Gasteiger partial charge on any atom is -0.411 e. The Bertz CT molecular complexity index is 1300. The van der Waals surface area contributed by atoms with Crippen molar-refractivity contribution in [1.82, 2.24) is 9.97 Å². The SMILES string of the molecule is CC(C)(C)[Si](C)(C)O[C@@H]1[C@@H](CO)C[C@@H](Nc2ncncc2C(=O)Cc2ccc(Cc3cccc(Cl)c3)s2)[C@H]1F. The predicted octanol–water partition coefficient (Wildman–Crippen LogP) is 6.73. The molecule has 39 heavy (non-hydrogen) atoms. The second-order valence-corrected chi connectivity index (χ2v) is 18.2. The highest BCUT2D eigenvalue weighted by Crippen LogP contribution is 2.42. The van der Waals surface area contributed by atoms with E-state index in [1.807, 2.05) is 36.4 Å². The Labute approximate surface area is 240 Å². The van der Waals surface area contributed by atoms with Gasteiger partial charge in [-0.3, -0.25) is 4.79 Å². The van der Waals surface area contributed by atoms with E-state index < -0.39 is 26.6 Å². The molecule has 2 aromatic heterocycles. The van der Waals surface area contributed by atoms with Crippen molar-refractivity contribution in [3.05, 3.63) is 74.8 Å². The summed E-state index contributed by atoms with van der Waals surface area (Å²) in [5, 5.41) is 13.8. The number of halogens is 2. The molecule has 1 aliphatic carbocycles. The van der Waals surface area contributed by atoms with E-state index in [2.05, 4.69) is 49.1 Å². The van der Waals surface area contributed by atoms with Crippen LogP contribution < -0.4 is 5.32 Å². The molecule has 10 heteroatoms. The number of aliphatic hydroxyl groups excluding tert-OH is 1. The Morgan fingerprint density at radius 3 is 2.69 bits per heavy atom. The van der Waals surface area contributed by atoms with Crippen molar-refractivity contribution in [2.24, 2.45) is 5.92 Å². The van der Waals surface area contributed by atoms with Crippen LogP contribution in [0.25, 0.3) is 0 Å². The number of nitrogens with one attached hydrogen (secondary N) is 1. The lowest BCUT2D eigenvalue weighted by atomic mass is 10.1. The van der Waals surface area contributed by atoms with Crippen LogP contribution in [0.4, 0.5) is 10.2 Å². The van der Waals surface area contributed by atoms with Crippen LogP contribution in [-0.2, 0) is 17.3 Å². The molecule has 0 radical (unpaired) electrons. The van der Waals surface area contributed by atoms with E-state index in [1.54, 1.807) is 11.3 Å². The maximum absolute atomic E-state index is 15.8. The zero-order valence-electron chi connectivity index (χ0n) is 23.1. The van der Waals surface area contributed by atoms with E-state index in [0.717, 1.165) is 21.7 Å². The second kappa shape index (κ2) is 12.1. The van der Waals surface area contributed by atoms with Gasteiger partial charge in [0.15, 0.2) is 14.1 Å². The summed E-state index contributed by atoms with van der Waals surface area (Å²) in [5.74, 6) is -0.171. The first-order chi connectivity index (χ1) is 18.4. The topological polar surface area (TPSA) is 84.3 Å². The summed E-state index contributed by atoms with van der Waals surface area (Å²) >= 11 is 7.69. The Morgan fingerprint density at radius 2 is 2.00 bits per heavy atom. The van der Waals surface area contributed by atoms with E-state index in [9.17, 15) is 9.90 Å². The minimum absolute atomic E-state index is 0.0830. The number of benzene rings is 1. The molecule has 6 nitrogen and oxygen atoms in total. The van der Waals surface area contributed by atoms with Gasteiger partial charge in [0.25, 0.3) is 0 Å². The molecule has 1 fully saturated rings. The van der Waals surface area contributed by atoms with Gasteiger partial charge in [0.2, 0.25) is 0 Å². The fourth-order valence-corrected chi connectivity index (χ4v) is 7.23. The van der Waals surface area contributed by atoms with Gasteiger partial charge in [0.05, 0.1) is 17.7 Å². The number of carbonyl (C=O) groups excluding carboxylic acids is 1. The van der Waals surface area contributed by atoms with Crippen LogP contribution in [0.1, 0.15) is 52.9 Å². The molecule has 4 rings (SSSR count). The molecule has 3 aromatic rings. The van der Waals surface area contributed by atoms with Crippen molar-refractivity contribution in [3.63, 3.8) is 0 Å². The molecule has 0 spiro atoms. The summed E-state index contributed by atoms with van der Waals surface area (Å²) in [7, 11) is -2.25. The zero-order chi connectivity index (χ0) is 28.4. The first kappa shape index (κ1) is 29.8. The highest BCUT2D eigenvalue weighted by Gasteiger charge is 2.49. The first-order valence-electron chi connectivity index (χ1n) is 13.2. The molecule has 1 saturated carbocycles. The highest BCUT2D eigenvalue weighted by atomic mass is 35.5. The van der Waals surface area contributed by atoms with Gasteiger partial charge in [0, 0.05) is 46.3 Å². The van der Waals surface area contributed by atoms with Gasteiger partial charge in [-0.15, -0.1) is 11.3 Å². The van der Waals surface area contributed by atoms with E-state index >= 15 is 4.39 Å². The molecule has 4 atom stereocenters. The first-order valence-corrected chi connectivity index (χ1v) is 17.3. The standard InChI is InChI=1S/C29H37ClFN3O3SSi/c1-29(2,3)39(4,5)37-27-19(16-35)13-24(26(27)31)34-28-23(15-32-17-33-28)25(36)14-22-10-9-21(38-22)12-18-7-6-8-20(30)11-18/h6-11,15,17,19,24,26-27,35H,12-14,16H2,1-5H3,(H,32,33,34)/t19-,24-,26-,27-/m1/s1. The minimum atomic E-state index is -2.25. The predicted molar refractivity (Wildman–Crippen MR) is 158 cm³/mol. The normalized spacial score (nSPS) is 21.7. The molecular weight excluding hydrogens is 553 g/mol. The number of rotatable bonds is 10. The lowest BCUT2D eigenvalue weighted by molar-refractivity contribution is 0.0530. The molecule has 1 aromatic carbocycles. The Morgan fingerprint density at radius 1 is 1.26 bits per heavy atom. The van der Waals surface area contributed by atoms with Crippen molar-refractivity contribution < 1.29 is 18.7 Å². The molecule has 0 aliphatic heterocycles. The monoisotopic (exact) mass is 589 g/mol. The van der Waals surface area contributed by atoms with Crippen molar-refractivity contribution in [1.29, 1.82) is 0 Å². The molecule has 1 aliphatic rings. The number of anilines is 1. The summed E-state index contributed by atoms with van der Waals surface area (Å²) in [5.41, 5.74) is 1.43. The number of thiophene rings is 1. The third-order valence-corrected chi connectivity index (χ3v) is 13.6. The number of Topliss-reactive ketones (excluding diaryl/α,β-unsaturated/α-hetero) is 1. The number of alkyl halides is 1. The van der Waals surface area contributed by atoms with Crippen LogP contribution in [-0.4, -0.2) is 54.1 Å². The third kappa shape index (κ3) is 7.13. The van der Waals surface area contributed by atoms with Crippen LogP contribution in [0.15, 0.2) is 48.9 Å². The third-order valence-electron chi connectivity index (χ3n) is 7.85. The van der Waals surface area contributed by atoms with Crippen LogP contribution in [0.5, 0.6) is 0 Å². The number of hydrogen-bond donors (Lipinski definition) is 2. The Hall–Kier alpha value is -2.17. The molecule has 0 saturated heterocycles. The average molecular weight is 590 g/mol. The zero-order valence-corrected chi connectivity index (χ0v) is 25.7. The van der Waals surface area contributed by atoms with E-state index in [-0.39, 0.29) is 29.8 Å². The van der Waals surface area contributed by atoms with Gasteiger partial charge in [-0.1, -0.05) is 44.5 Å². The van der Waals surface area contributed by atoms with Crippen LogP contribution in [0.2, 0.25) is 23.2 Å². The van der Waals surface area contributed by atoms with Gasteiger partial charge in [0.1, 0.15) is 18.3 Å². The van der Waals surface area contributed by atoms with Gasteiger partial charge < -0.3 is 14.8 Å². The van der Waals surface area contributed by atoms with Gasteiger partial charge in [-0.2, -0.15) is 0 Å². The van der Waals surface area contributed by atoms with E-state index in [4.69, 9.17) is 16.0 Å². The van der Waals surface area contributed by atoms with Gasteiger partial charge >= 0.3 is 0 Å². The fraction of sp³-hybridized carbons (Fsp3) is 0.483. The fourth-order valence-electron chi connectivity index (χ4n) is 4.61. The summed E-state index contributed by atoms with van der Waals surface area (Å²) in [6.07, 6.45) is 2.09. The van der Waals surface area contributed by atoms with Crippen LogP contribution >= 0.6 is 22.9 Å². The van der Waals surface area contributed by atoms with Crippen LogP contribution in [0, 0.1) is 5.92 Å². The number of nitrogens with zero attached hydrogens (tertiary/aromatic N) is 2. The second-order valence-electron chi connectivity index (χ2n) is 11.8. The lowest BCUT2D eigenvalue weighted by Crippen LogP contribution is -2.48. The van der Waals surface area contributed by atoms with Gasteiger partial charge in [-0.25, -0.2) is 14.4 Å². The molecular formula is C29H37ClFN3O3SSi. The largest absolute Gasteiger partial charge is 0.411 e. The Kier molecular flexibility index (Phi) is 9.28. The van der Waals surface area contributed by atoms with Crippen molar-refractivity contribution in [2.45, 2.75) is 76.5 Å². The smallest absolute Gasteiger partial charge is 0.192 e. The molecule has 210 valence electrons. The average Bonchev–Trinajstić information content (AvgIpc) is 3.42. The number of aromatic nitrogens is 2. The maximum Gasteiger partial charge on any atom is 0.192 e. The summed E-state index contributed by atoms with van der Waals surface area (Å²) < 4.78 is 22.2. The number of ketones is 1. The van der Waals surface area contributed by atoms with Crippen molar-refractivity contribution in [3.8, 4) is 0 Å². The van der Waals surface area contributed by atoms with E-state index in [0.29, 0.717) is 22.8 Å². The maximum atomic E-state index is 15.8. The highest BCUT2D eigenvalue weighted by molar-refractivity contribution is 7.12. The van der Waals surface area contributed by atoms with E-state index in [1.165, 1.54) is 12.5 Å². The number of carbonyl (C=O) groups is 1.